The SMILES string of the molecule is CC(C)c1nccc(C(=O)N2CCCN(C)C3(CCN(C)CC3)C2)n1. The van der Waals surface area contributed by atoms with E-state index in [1.54, 1.807) is 12.3 Å². The first-order valence-electron chi connectivity index (χ1n) is 9.43. The summed E-state index contributed by atoms with van der Waals surface area (Å²) in [4.78, 5) is 28.8. The third-order valence-electron chi connectivity index (χ3n) is 5.83. The molecule has 2 saturated heterocycles. The summed E-state index contributed by atoms with van der Waals surface area (Å²) in [6.07, 6.45) is 4.96. The zero-order chi connectivity index (χ0) is 18.0. The Bertz CT molecular complexity index is 610. The van der Waals surface area contributed by atoms with Crippen LogP contribution in [0.5, 0.6) is 0 Å². The molecule has 2 aliphatic rings. The van der Waals surface area contributed by atoms with Crippen molar-refractivity contribution in [1.29, 1.82) is 0 Å². The molecule has 1 amide bonds. The average Bonchev–Trinajstić information content (AvgIpc) is 2.77. The fourth-order valence-electron chi connectivity index (χ4n) is 3.97. The molecule has 0 unspecified atom stereocenters. The molecule has 6 nitrogen and oxygen atoms in total. The molecular weight excluding hydrogens is 314 g/mol. The van der Waals surface area contributed by atoms with E-state index in [0.29, 0.717) is 5.69 Å². The third-order valence-corrected chi connectivity index (χ3v) is 5.83. The largest absolute Gasteiger partial charge is 0.335 e. The number of nitrogens with zero attached hydrogens (tertiary/aromatic N) is 5. The minimum Gasteiger partial charge on any atom is -0.335 e. The molecule has 3 rings (SSSR count). The van der Waals surface area contributed by atoms with Crippen LogP contribution in [0.4, 0.5) is 0 Å². The van der Waals surface area contributed by atoms with E-state index in [1.807, 2.05) is 4.90 Å². The topological polar surface area (TPSA) is 52.6 Å². The van der Waals surface area contributed by atoms with Crippen LogP contribution in [0.15, 0.2) is 12.3 Å². The molecule has 6 heteroatoms. The molecule has 0 aliphatic carbocycles. The highest BCUT2D eigenvalue weighted by atomic mass is 16.2. The lowest BCUT2D eigenvalue weighted by molar-refractivity contribution is 0.0314. The molecule has 25 heavy (non-hydrogen) atoms. The molecule has 0 radical (unpaired) electrons. The van der Waals surface area contributed by atoms with E-state index in [1.165, 1.54) is 0 Å². The van der Waals surface area contributed by atoms with Gasteiger partial charge in [0.1, 0.15) is 11.5 Å². The van der Waals surface area contributed by atoms with Crippen LogP contribution in [0.2, 0.25) is 0 Å². The fourth-order valence-corrected chi connectivity index (χ4v) is 3.97. The molecule has 0 atom stereocenters. The summed E-state index contributed by atoms with van der Waals surface area (Å²) < 4.78 is 0. The lowest BCUT2D eigenvalue weighted by atomic mass is 9.85. The Hall–Kier alpha value is -1.53. The maximum Gasteiger partial charge on any atom is 0.272 e. The number of amides is 1. The maximum atomic E-state index is 13.1. The number of likely N-dealkylation sites (N-methyl/N-ethyl adjacent to an activating group) is 1. The van der Waals surface area contributed by atoms with Gasteiger partial charge >= 0.3 is 0 Å². The van der Waals surface area contributed by atoms with Gasteiger partial charge in [0.05, 0.1) is 0 Å². The molecule has 2 aliphatic heterocycles. The number of likely N-dealkylation sites (tertiary alicyclic amines) is 1. The van der Waals surface area contributed by atoms with Gasteiger partial charge in [0.25, 0.3) is 5.91 Å². The molecule has 0 aromatic carbocycles. The Morgan fingerprint density at radius 2 is 1.88 bits per heavy atom. The highest BCUT2D eigenvalue weighted by Gasteiger charge is 2.41. The van der Waals surface area contributed by atoms with Crippen LogP contribution >= 0.6 is 0 Å². The predicted octanol–water partition coefficient (Wildman–Crippen LogP) is 1.84. The van der Waals surface area contributed by atoms with Crippen LogP contribution in [-0.2, 0) is 0 Å². The molecule has 0 saturated carbocycles. The first kappa shape index (κ1) is 18.3. The van der Waals surface area contributed by atoms with Crippen LogP contribution in [0, 0.1) is 0 Å². The van der Waals surface area contributed by atoms with Gasteiger partial charge in [-0.1, -0.05) is 13.8 Å². The number of carbonyl (C=O) groups excluding carboxylic acids is 1. The molecule has 1 spiro atoms. The second kappa shape index (κ2) is 7.38. The molecule has 2 fully saturated rings. The number of carbonyl (C=O) groups is 1. The van der Waals surface area contributed by atoms with Gasteiger partial charge in [-0.3, -0.25) is 9.69 Å². The van der Waals surface area contributed by atoms with Crippen LogP contribution in [0.25, 0.3) is 0 Å². The molecule has 1 aromatic rings. The summed E-state index contributed by atoms with van der Waals surface area (Å²) in [5, 5.41) is 0. The Morgan fingerprint density at radius 3 is 2.56 bits per heavy atom. The number of hydrogen-bond acceptors (Lipinski definition) is 5. The lowest BCUT2D eigenvalue weighted by Crippen LogP contribution is -2.58. The van der Waals surface area contributed by atoms with Crippen molar-refractivity contribution in [2.24, 2.45) is 0 Å². The molecule has 1 aromatic heterocycles. The van der Waals surface area contributed by atoms with E-state index in [0.717, 1.165) is 57.8 Å². The van der Waals surface area contributed by atoms with Crippen molar-refractivity contribution in [3.8, 4) is 0 Å². The van der Waals surface area contributed by atoms with E-state index in [2.05, 4.69) is 47.7 Å². The van der Waals surface area contributed by atoms with Gasteiger partial charge in [-0.2, -0.15) is 0 Å². The number of aromatic nitrogens is 2. The molecule has 138 valence electrons. The minimum atomic E-state index is 0.0536. The van der Waals surface area contributed by atoms with Crippen LogP contribution in [0.1, 0.15) is 55.3 Å². The molecular formula is C19H31N5O. The second-order valence-electron chi connectivity index (χ2n) is 7.98. The van der Waals surface area contributed by atoms with Gasteiger partial charge in [0, 0.05) is 37.3 Å². The molecule has 0 N–H and O–H groups in total. The van der Waals surface area contributed by atoms with Gasteiger partial charge < -0.3 is 9.80 Å². The molecule has 3 heterocycles. The Kier molecular flexibility index (Phi) is 5.39. The van der Waals surface area contributed by atoms with E-state index in [9.17, 15) is 4.79 Å². The van der Waals surface area contributed by atoms with Crippen LogP contribution in [-0.4, -0.2) is 82.9 Å². The highest BCUT2D eigenvalue weighted by molar-refractivity contribution is 5.92. The van der Waals surface area contributed by atoms with Gasteiger partial charge in [0.15, 0.2) is 0 Å². The van der Waals surface area contributed by atoms with Gasteiger partial charge in [0.2, 0.25) is 0 Å². The Morgan fingerprint density at radius 1 is 1.16 bits per heavy atom. The van der Waals surface area contributed by atoms with Gasteiger partial charge in [-0.15, -0.1) is 0 Å². The summed E-state index contributed by atoms with van der Waals surface area (Å²) in [5.41, 5.74) is 0.637. The lowest BCUT2D eigenvalue weighted by Gasteiger charge is -2.47. The van der Waals surface area contributed by atoms with Crippen molar-refractivity contribution in [1.82, 2.24) is 24.7 Å². The van der Waals surface area contributed by atoms with E-state index < -0.39 is 0 Å². The van der Waals surface area contributed by atoms with Crippen LogP contribution in [0.3, 0.4) is 0 Å². The summed E-state index contributed by atoms with van der Waals surface area (Å²) >= 11 is 0. The van der Waals surface area contributed by atoms with Crippen molar-refractivity contribution in [3.05, 3.63) is 23.8 Å². The molecule has 0 bridgehead atoms. The first-order chi connectivity index (χ1) is 11.9. The average molecular weight is 345 g/mol. The predicted molar refractivity (Wildman–Crippen MR) is 98.7 cm³/mol. The summed E-state index contributed by atoms with van der Waals surface area (Å²) in [6.45, 7) is 8.96. The number of hydrogen-bond donors (Lipinski definition) is 0. The third kappa shape index (κ3) is 3.85. The van der Waals surface area contributed by atoms with Crippen molar-refractivity contribution in [3.63, 3.8) is 0 Å². The number of rotatable bonds is 2. The fraction of sp³-hybridized carbons (Fsp3) is 0.737. The zero-order valence-electron chi connectivity index (χ0n) is 16.0. The van der Waals surface area contributed by atoms with Crippen molar-refractivity contribution in [2.75, 3.05) is 46.8 Å². The first-order valence-corrected chi connectivity index (χ1v) is 9.43. The monoisotopic (exact) mass is 345 g/mol. The Labute approximate surface area is 151 Å². The van der Waals surface area contributed by atoms with Crippen LogP contribution < -0.4 is 0 Å². The smallest absolute Gasteiger partial charge is 0.272 e. The highest BCUT2D eigenvalue weighted by Crippen LogP contribution is 2.31. The van der Waals surface area contributed by atoms with E-state index >= 15 is 0 Å². The van der Waals surface area contributed by atoms with Gasteiger partial charge in [-0.05, 0) is 52.5 Å². The van der Waals surface area contributed by atoms with E-state index in [4.69, 9.17) is 0 Å². The maximum absolute atomic E-state index is 13.1. The normalized spacial score (nSPS) is 22.4. The quantitative estimate of drug-likeness (QED) is 0.819. The summed E-state index contributed by atoms with van der Waals surface area (Å²) in [6, 6.07) is 1.75. The van der Waals surface area contributed by atoms with Crippen molar-refractivity contribution < 1.29 is 4.79 Å². The van der Waals surface area contributed by atoms with Crippen molar-refractivity contribution in [2.45, 2.75) is 44.6 Å². The minimum absolute atomic E-state index is 0.0536. The summed E-state index contributed by atoms with van der Waals surface area (Å²) in [5.74, 6) is 1.02. The number of piperidine rings is 1. The summed E-state index contributed by atoms with van der Waals surface area (Å²) in [7, 11) is 4.40. The second-order valence-corrected chi connectivity index (χ2v) is 7.98. The Balaban J connectivity index is 1.81. The standard InChI is InChI=1S/C19H31N5O/c1-15(2)17-20-9-6-16(21-17)18(25)24-11-5-10-23(4)19(14-24)7-12-22(3)13-8-19/h6,9,15H,5,7-8,10-14H2,1-4H3. The van der Waals surface area contributed by atoms with E-state index in [-0.39, 0.29) is 17.4 Å². The zero-order valence-corrected chi connectivity index (χ0v) is 16.0. The van der Waals surface area contributed by atoms with Crippen molar-refractivity contribution >= 4 is 5.91 Å². The van der Waals surface area contributed by atoms with Gasteiger partial charge in [-0.25, -0.2) is 9.97 Å².